The topological polar surface area (TPSA) is 125 Å². The van der Waals surface area contributed by atoms with Gasteiger partial charge in [-0.2, -0.15) is 0 Å². The first-order valence-corrected chi connectivity index (χ1v) is 12.1. The van der Waals surface area contributed by atoms with Crippen LogP contribution in [0.1, 0.15) is 44.7 Å². The number of hydrogen-bond donors (Lipinski definition) is 2. The van der Waals surface area contributed by atoms with Crippen LogP contribution in [-0.4, -0.2) is 77.7 Å². The van der Waals surface area contributed by atoms with Crippen LogP contribution >= 0.6 is 0 Å². The van der Waals surface area contributed by atoms with Crippen molar-refractivity contribution in [3.8, 4) is 5.75 Å². The second-order valence-electron chi connectivity index (χ2n) is 9.42. The van der Waals surface area contributed by atoms with Crippen LogP contribution in [0.3, 0.4) is 0 Å². The van der Waals surface area contributed by atoms with Crippen molar-refractivity contribution in [2.45, 2.75) is 32.0 Å². The maximum absolute atomic E-state index is 12.9. The van der Waals surface area contributed by atoms with Gasteiger partial charge in [0.15, 0.2) is 0 Å². The Morgan fingerprint density at radius 3 is 2.58 bits per heavy atom. The van der Waals surface area contributed by atoms with E-state index in [2.05, 4.69) is 10.2 Å². The number of hydrogen-bond acceptors (Lipinski definition) is 7. The van der Waals surface area contributed by atoms with Gasteiger partial charge in [-0.3, -0.25) is 29.4 Å². The van der Waals surface area contributed by atoms with Gasteiger partial charge < -0.3 is 20.3 Å². The lowest BCUT2D eigenvalue weighted by Crippen LogP contribution is -2.52. The zero-order valence-electron chi connectivity index (χ0n) is 20.2. The average molecular weight is 492 g/mol. The third-order valence-corrected chi connectivity index (χ3v) is 7.13. The summed E-state index contributed by atoms with van der Waals surface area (Å²) in [5, 5.41) is 2.33. The van der Waals surface area contributed by atoms with E-state index in [0.29, 0.717) is 55.2 Å². The summed E-state index contributed by atoms with van der Waals surface area (Å²) in [6, 6.07) is 10.3. The van der Waals surface area contributed by atoms with E-state index >= 15 is 0 Å². The van der Waals surface area contributed by atoms with E-state index in [9.17, 15) is 19.2 Å². The molecule has 0 aliphatic carbocycles. The summed E-state index contributed by atoms with van der Waals surface area (Å²) < 4.78 is 5.23. The molecule has 3 heterocycles. The van der Waals surface area contributed by atoms with Crippen LogP contribution in [0.4, 0.5) is 5.69 Å². The summed E-state index contributed by atoms with van der Waals surface area (Å²) >= 11 is 0. The van der Waals surface area contributed by atoms with Gasteiger partial charge in [0, 0.05) is 56.8 Å². The molecule has 3 aliphatic rings. The molecule has 10 heteroatoms. The minimum absolute atomic E-state index is 0.0439. The third-order valence-electron chi connectivity index (χ3n) is 7.13. The Bertz CT molecular complexity index is 1240. The molecule has 1 atom stereocenters. The number of imide groups is 1. The largest absolute Gasteiger partial charge is 0.495 e. The number of rotatable bonds is 5. The lowest BCUT2D eigenvalue weighted by atomic mass is 10.0. The summed E-state index contributed by atoms with van der Waals surface area (Å²) in [6.45, 7) is 3.75. The normalized spacial score (nSPS) is 20.4. The summed E-state index contributed by atoms with van der Waals surface area (Å²) in [5.41, 5.74) is 9.49. The Kier molecular flexibility index (Phi) is 6.36. The van der Waals surface area contributed by atoms with Crippen molar-refractivity contribution >= 4 is 29.3 Å². The van der Waals surface area contributed by atoms with Gasteiger partial charge in [0.1, 0.15) is 11.8 Å². The van der Waals surface area contributed by atoms with E-state index in [1.807, 2.05) is 23.1 Å². The Morgan fingerprint density at radius 1 is 1.08 bits per heavy atom. The van der Waals surface area contributed by atoms with Crippen LogP contribution in [0.15, 0.2) is 36.4 Å². The van der Waals surface area contributed by atoms with Crippen molar-refractivity contribution in [1.82, 2.24) is 20.0 Å². The highest BCUT2D eigenvalue weighted by atomic mass is 16.5. The number of nitrogens with zero attached hydrogens (tertiary/aromatic N) is 3. The number of carbonyl (C=O) groups is 4. The third kappa shape index (κ3) is 4.51. The first-order chi connectivity index (χ1) is 17.3. The van der Waals surface area contributed by atoms with Gasteiger partial charge in [-0.15, -0.1) is 0 Å². The van der Waals surface area contributed by atoms with E-state index in [0.717, 1.165) is 24.2 Å². The first-order valence-electron chi connectivity index (χ1n) is 12.1. The van der Waals surface area contributed by atoms with Gasteiger partial charge in [0.25, 0.3) is 11.8 Å². The highest BCUT2D eigenvalue weighted by molar-refractivity contribution is 6.05. The summed E-state index contributed by atoms with van der Waals surface area (Å²) in [5.74, 6) is -0.420. The molecule has 10 nitrogen and oxygen atoms in total. The number of benzene rings is 2. The van der Waals surface area contributed by atoms with Gasteiger partial charge in [0.05, 0.1) is 12.8 Å². The minimum Gasteiger partial charge on any atom is -0.495 e. The second kappa shape index (κ2) is 9.62. The molecular formula is C26H29N5O5. The molecule has 3 N–H and O–H groups in total. The van der Waals surface area contributed by atoms with Crippen molar-refractivity contribution < 1.29 is 23.9 Å². The number of ether oxygens (including phenoxy) is 1. The van der Waals surface area contributed by atoms with Crippen molar-refractivity contribution in [3.63, 3.8) is 0 Å². The lowest BCUT2D eigenvalue weighted by molar-refractivity contribution is -0.136. The average Bonchev–Trinajstić information content (AvgIpc) is 3.19. The first kappa shape index (κ1) is 23.8. The van der Waals surface area contributed by atoms with Crippen molar-refractivity contribution in [2.75, 3.05) is 39.0 Å². The number of amides is 4. The van der Waals surface area contributed by atoms with E-state index in [-0.39, 0.29) is 24.1 Å². The molecule has 2 fully saturated rings. The van der Waals surface area contributed by atoms with Crippen LogP contribution in [0.2, 0.25) is 0 Å². The predicted octanol–water partition coefficient (Wildman–Crippen LogP) is 0.996. The molecule has 2 aromatic carbocycles. The molecule has 5 rings (SSSR count). The number of piperazine rings is 1. The van der Waals surface area contributed by atoms with Crippen LogP contribution in [0.25, 0.3) is 0 Å². The zero-order valence-corrected chi connectivity index (χ0v) is 20.2. The number of anilines is 1. The van der Waals surface area contributed by atoms with Gasteiger partial charge in [-0.1, -0.05) is 12.1 Å². The molecule has 0 spiro atoms. The van der Waals surface area contributed by atoms with Crippen LogP contribution < -0.4 is 15.8 Å². The number of nitrogen functional groups attached to an aromatic ring is 1. The molecule has 3 aliphatic heterocycles. The van der Waals surface area contributed by atoms with Crippen LogP contribution in [0, 0.1) is 0 Å². The minimum atomic E-state index is -0.613. The summed E-state index contributed by atoms with van der Waals surface area (Å²) in [7, 11) is 1.53. The molecule has 0 aromatic heterocycles. The maximum Gasteiger partial charge on any atom is 0.255 e. The predicted molar refractivity (Wildman–Crippen MR) is 131 cm³/mol. The smallest absolute Gasteiger partial charge is 0.255 e. The van der Waals surface area contributed by atoms with E-state index in [1.165, 1.54) is 7.11 Å². The van der Waals surface area contributed by atoms with Crippen molar-refractivity contribution in [3.05, 3.63) is 58.7 Å². The van der Waals surface area contributed by atoms with Crippen molar-refractivity contribution in [2.24, 2.45) is 0 Å². The number of methoxy groups -OCH3 is 1. The number of nitrogens with two attached hydrogens (primary N) is 1. The van der Waals surface area contributed by atoms with Crippen LogP contribution in [0.5, 0.6) is 5.75 Å². The molecule has 0 radical (unpaired) electrons. The van der Waals surface area contributed by atoms with E-state index < -0.39 is 11.9 Å². The SMILES string of the molecule is COc1cc(C(=O)N2CCN(Cc3ccc4c(c3)CN(C3CCC(=O)NC3=O)C4=O)CC2)ccc1N. The molecule has 36 heavy (non-hydrogen) atoms. The highest BCUT2D eigenvalue weighted by Crippen LogP contribution is 2.29. The fraction of sp³-hybridized carbons (Fsp3) is 0.385. The van der Waals surface area contributed by atoms with Gasteiger partial charge >= 0.3 is 0 Å². The molecule has 2 aromatic rings. The van der Waals surface area contributed by atoms with Crippen LogP contribution in [-0.2, 0) is 22.7 Å². The number of fused-ring (bicyclic) bond motifs is 1. The highest BCUT2D eigenvalue weighted by Gasteiger charge is 2.39. The second-order valence-corrected chi connectivity index (χ2v) is 9.42. The lowest BCUT2D eigenvalue weighted by Gasteiger charge is -2.35. The number of piperidine rings is 1. The molecule has 0 bridgehead atoms. The van der Waals surface area contributed by atoms with E-state index in [4.69, 9.17) is 10.5 Å². The molecular weight excluding hydrogens is 462 g/mol. The number of carbonyl (C=O) groups excluding carboxylic acids is 4. The monoisotopic (exact) mass is 491 g/mol. The quantitative estimate of drug-likeness (QED) is 0.472. The molecule has 4 amide bonds. The molecule has 2 saturated heterocycles. The molecule has 188 valence electrons. The fourth-order valence-electron chi connectivity index (χ4n) is 5.12. The summed E-state index contributed by atoms with van der Waals surface area (Å²) in [4.78, 5) is 55.2. The Hall–Kier alpha value is -3.92. The van der Waals surface area contributed by atoms with E-state index in [1.54, 1.807) is 23.1 Å². The molecule has 0 saturated carbocycles. The Labute approximate surface area is 209 Å². The number of nitrogens with one attached hydrogen (secondary N) is 1. The maximum atomic E-state index is 12.9. The summed E-state index contributed by atoms with van der Waals surface area (Å²) in [6.07, 6.45) is 0.589. The van der Waals surface area contributed by atoms with Gasteiger partial charge in [-0.25, -0.2) is 0 Å². The van der Waals surface area contributed by atoms with Crippen molar-refractivity contribution in [1.29, 1.82) is 0 Å². The van der Waals surface area contributed by atoms with Gasteiger partial charge in [0.2, 0.25) is 11.8 Å². The zero-order chi connectivity index (χ0) is 25.4. The molecule has 1 unspecified atom stereocenters. The van der Waals surface area contributed by atoms with Gasteiger partial charge in [-0.05, 0) is 41.8 Å². The fourth-order valence-corrected chi connectivity index (χ4v) is 5.12. The standard InChI is InChI=1S/C26H29N5O5/c1-36-22-13-17(3-5-20(22)27)25(34)30-10-8-29(9-11-30)14-16-2-4-19-18(12-16)15-31(26(19)35)21-6-7-23(32)28-24(21)33/h2-5,12-13,21H,6-11,14-15,27H2,1H3,(H,28,32,33). The Balaban J connectivity index is 1.19. The Morgan fingerprint density at radius 2 is 1.86 bits per heavy atom.